The SMILES string of the molecule is Cc1cccc(/C=C(\C(=O)O)c2ccc3c(c2)OCO3)c1. The van der Waals surface area contributed by atoms with E-state index in [-0.39, 0.29) is 12.4 Å². The van der Waals surface area contributed by atoms with E-state index < -0.39 is 5.97 Å². The van der Waals surface area contributed by atoms with Crippen molar-refractivity contribution in [2.24, 2.45) is 0 Å². The standard InChI is InChI=1S/C17H14O4/c1-11-3-2-4-12(7-11)8-14(17(18)19)13-5-6-15-16(9-13)21-10-20-15/h2-9H,10H2,1H3,(H,18,19)/b14-8-. The predicted molar refractivity (Wildman–Crippen MR) is 79.3 cm³/mol. The zero-order chi connectivity index (χ0) is 14.8. The third kappa shape index (κ3) is 2.74. The first kappa shape index (κ1) is 13.2. The second-order valence-corrected chi connectivity index (χ2v) is 4.85. The number of carboxylic acid groups (broad SMARTS) is 1. The quantitative estimate of drug-likeness (QED) is 0.693. The van der Waals surface area contributed by atoms with Crippen molar-refractivity contribution in [1.29, 1.82) is 0 Å². The van der Waals surface area contributed by atoms with Crippen molar-refractivity contribution >= 4 is 17.6 Å². The molecule has 21 heavy (non-hydrogen) atoms. The van der Waals surface area contributed by atoms with Crippen molar-refractivity contribution in [3.8, 4) is 11.5 Å². The largest absolute Gasteiger partial charge is 0.478 e. The Kier molecular flexibility index (Phi) is 3.36. The molecule has 0 saturated carbocycles. The number of fused-ring (bicyclic) bond motifs is 1. The van der Waals surface area contributed by atoms with Gasteiger partial charge in [0.2, 0.25) is 6.79 Å². The molecule has 0 spiro atoms. The van der Waals surface area contributed by atoms with Gasteiger partial charge in [0.05, 0.1) is 5.57 Å². The molecule has 0 unspecified atom stereocenters. The molecular formula is C17H14O4. The van der Waals surface area contributed by atoms with Gasteiger partial charge in [0.15, 0.2) is 11.5 Å². The minimum atomic E-state index is -0.977. The van der Waals surface area contributed by atoms with Crippen molar-refractivity contribution in [3.05, 3.63) is 59.2 Å². The molecule has 1 heterocycles. The molecule has 4 heteroatoms. The number of aliphatic carboxylic acids is 1. The topological polar surface area (TPSA) is 55.8 Å². The molecule has 0 radical (unpaired) electrons. The van der Waals surface area contributed by atoms with Crippen molar-refractivity contribution in [2.45, 2.75) is 6.92 Å². The van der Waals surface area contributed by atoms with Crippen LogP contribution >= 0.6 is 0 Å². The van der Waals surface area contributed by atoms with Crippen molar-refractivity contribution in [2.75, 3.05) is 6.79 Å². The first-order valence-electron chi connectivity index (χ1n) is 6.55. The van der Waals surface area contributed by atoms with E-state index >= 15 is 0 Å². The number of ether oxygens (including phenoxy) is 2. The van der Waals surface area contributed by atoms with Crippen LogP contribution in [0.4, 0.5) is 0 Å². The second kappa shape index (κ2) is 5.32. The molecule has 2 aromatic carbocycles. The highest BCUT2D eigenvalue weighted by molar-refractivity contribution is 6.20. The van der Waals surface area contributed by atoms with Crippen molar-refractivity contribution in [3.63, 3.8) is 0 Å². The summed E-state index contributed by atoms with van der Waals surface area (Å²) in [5.41, 5.74) is 2.75. The van der Waals surface area contributed by atoms with Gasteiger partial charge in [0.25, 0.3) is 0 Å². The van der Waals surface area contributed by atoms with E-state index in [1.807, 2.05) is 31.2 Å². The molecule has 4 nitrogen and oxygen atoms in total. The molecule has 0 bridgehead atoms. The molecule has 1 N–H and O–H groups in total. The summed E-state index contributed by atoms with van der Waals surface area (Å²) in [7, 11) is 0. The molecule has 0 aromatic heterocycles. The lowest BCUT2D eigenvalue weighted by molar-refractivity contribution is -0.130. The van der Waals surface area contributed by atoms with E-state index in [0.29, 0.717) is 17.1 Å². The number of hydrogen-bond donors (Lipinski definition) is 1. The third-order valence-corrected chi connectivity index (χ3v) is 3.27. The highest BCUT2D eigenvalue weighted by Crippen LogP contribution is 2.35. The number of aryl methyl sites for hydroxylation is 1. The minimum absolute atomic E-state index is 0.169. The average Bonchev–Trinajstić information content (AvgIpc) is 2.92. The number of carboxylic acids is 1. The zero-order valence-corrected chi connectivity index (χ0v) is 11.5. The zero-order valence-electron chi connectivity index (χ0n) is 11.5. The Morgan fingerprint density at radius 2 is 1.95 bits per heavy atom. The highest BCUT2D eigenvalue weighted by atomic mass is 16.7. The number of rotatable bonds is 3. The fraction of sp³-hybridized carbons (Fsp3) is 0.118. The van der Waals surface area contributed by atoms with Crippen LogP contribution in [0, 0.1) is 6.92 Å². The van der Waals surface area contributed by atoms with Gasteiger partial charge in [-0.25, -0.2) is 4.79 Å². The van der Waals surface area contributed by atoms with Crippen molar-refractivity contribution < 1.29 is 19.4 Å². The van der Waals surface area contributed by atoms with Gasteiger partial charge in [0.1, 0.15) is 0 Å². The fourth-order valence-electron chi connectivity index (χ4n) is 2.26. The Bertz CT molecular complexity index is 731. The van der Waals surface area contributed by atoms with Crippen LogP contribution < -0.4 is 9.47 Å². The molecule has 2 aromatic rings. The van der Waals surface area contributed by atoms with Gasteiger partial charge in [-0.1, -0.05) is 35.9 Å². The summed E-state index contributed by atoms with van der Waals surface area (Å²) in [4.78, 5) is 11.5. The Morgan fingerprint density at radius 3 is 2.71 bits per heavy atom. The Morgan fingerprint density at radius 1 is 1.14 bits per heavy atom. The molecule has 0 atom stereocenters. The van der Waals surface area contributed by atoms with Crippen LogP contribution in [0.3, 0.4) is 0 Å². The first-order valence-corrected chi connectivity index (χ1v) is 6.55. The van der Waals surface area contributed by atoms with Crippen LogP contribution in [0.15, 0.2) is 42.5 Å². The lowest BCUT2D eigenvalue weighted by Crippen LogP contribution is -1.99. The van der Waals surface area contributed by atoms with E-state index in [0.717, 1.165) is 11.1 Å². The summed E-state index contributed by atoms with van der Waals surface area (Å²) in [5, 5.41) is 9.47. The van der Waals surface area contributed by atoms with Crippen molar-refractivity contribution in [1.82, 2.24) is 0 Å². The maximum atomic E-state index is 11.5. The molecule has 3 rings (SSSR count). The molecule has 0 saturated heterocycles. The van der Waals surface area contributed by atoms with Crippen LogP contribution in [-0.4, -0.2) is 17.9 Å². The summed E-state index contributed by atoms with van der Waals surface area (Å²) < 4.78 is 10.5. The van der Waals surface area contributed by atoms with Gasteiger partial charge in [-0.3, -0.25) is 0 Å². The van der Waals surface area contributed by atoms with E-state index in [1.165, 1.54) is 0 Å². The molecule has 0 aliphatic carbocycles. The lowest BCUT2D eigenvalue weighted by Gasteiger charge is -2.05. The van der Waals surface area contributed by atoms with Gasteiger partial charge in [-0.15, -0.1) is 0 Å². The average molecular weight is 282 g/mol. The first-order chi connectivity index (χ1) is 10.1. The minimum Gasteiger partial charge on any atom is -0.478 e. The Hall–Kier alpha value is -2.75. The summed E-state index contributed by atoms with van der Waals surface area (Å²) in [6.07, 6.45) is 1.66. The van der Waals surface area contributed by atoms with Crippen LogP contribution in [0.25, 0.3) is 11.6 Å². The normalized spacial score (nSPS) is 13.3. The maximum absolute atomic E-state index is 11.5. The van der Waals surface area contributed by atoms with Gasteiger partial charge in [0, 0.05) is 0 Å². The smallest absolute Gasteiger partial charge is 0.336 e. The monoisotopic (exact) mass is 282 g/mol. The predicted octanol–water partition coefficient (Wildman–Crippen LogP) is 3.35. The van der Waals surface area contributed by atoms with Gasteiger partial charge in [-0.05, 0) is 36.3 Å². The number of hydrogen-bond acceptors (Lipinski definition) is 3. The summed E-state index contributed by atoms with van der Waals surface area (Å²) in [5.74, 6) is 0.235. The van der Waals surface area contributed by atoms with Gasteiger partial charge >= 0.3 is 5.97 Å². The Labute approximate surface area is 122 Å². The highest BCUT2D eigenvalue weighted by Gasteiger charge is 2.17. The molecule has 1 aliphatic rings. The van der Waals surface area contributed by atoms with E-state index in [2.05, 4.69) is 0 Å². The third-order valence-electron chi connectivity index (χ3n) is 3.27. The van der Waals surface area contributed by atoms with E-state index in [9.17, 15) is 9.90 Å². The van der Waals surface area contributed by atoms with Crippen LogP contribution in [0.2, 0.25) is 0 Å². The second-order valence-electron chi connectivity index (χ2n) is 4.85. The fourth-order valence-corrected chi connectivity index (χ4v) is 2.26. The number of carbonyl (C=O) groups is 1. The maximum Gasteiger partial charge on any atom is 0.336 e. The van der Waals surface area contributed by atoms with Crippen LogP contribution in [0.5, 0.6) is 11.5 Å². The van der Waals surface area contributed by atoms with Gasteiger partial charge < -0.3 is 14.6 Å². The van der Waals surface area contributed by atoms with Gasteiger partial charge in [-0.2, -0.15) is 0 Å². The van der Waals surface area contributed by atoms with E-state index in [4.69, 9.17) is 9.47 Å². The molecule has 0 fully saturated rings. The van der Waals surface area contributed by atoms with Crippen LogP contribution in [0.1, 0.15) is 16.7 Å². The summed E-state index contributed by atoms with van der Waals surface area (Å²) in [6, 6.07) is 12.8. The molecule has 1 aliphatic heterocycles. The summed E-state index contributed by atoms with van der Waals surface area (Å²) in [6.45, 7) is 2.14. The lowest BCUT2D eigenvalue weighted by atomic mass is 10.0. The number of benzene rings is 2. The van der Waals surface area contributed by atoms with Crippen LogP contribution in [-0.2, 0) is 4.79 Å². The Balaban J connectivity index is 2.04. The molecular weight excluding hydrogens is 268 g/mol. The summed E-state index contributed by atoms with van der Waals surface area (Å²) >= 11 is 0. The molecule has 106 valence electrons. The van der Waals surface area contributed by atoms with E-state index in [1.54, 1.807) is 24.3 Å². The molecule has 0 amide bonds.